The third-order valence-electron chi connectivity index (χ3n) is 5.71. The Morgan fingerprint density at radius 1 is 1.00 bits per heavy atom. The van der Waals surface area contributed by atoms with Crippen molar-refractivity contribution in [3.05, 3.63) is 18.6 Å². The van der Waals surface area contributed by atoms with Crippen LogP contribution in [0.3, 0.4) is 0 Å². The summed E-state index contributed by atoms with van der Waals surface area (Å²) in [6.07, 6.45) is 9.11. The van der Waals surface area contributed by atoms with Gasteiger partial charge in [-0.05, 0) is 25.7 Å². The molecule has 2 aliphatic heterocycles. The standard InChI is InChI=1S/C19H28N6O2/c26-18(22-16-1-2-16)14-23-9-11-25(12-10-23)19(27)15-3-7-24(8-4-15)17-13-20-5-6-21-17/h5-6,13,15-16H,1-4,7-12,14H2,(H,22,26). The van der Waals surface area contributed by atoms with E-state index >= 15 is 0 Å². The quantitative estimate of drug-likeness (QED) is 0.790. The fourth-order valence-electron chi connectivity index (χ4n) is 3.90. The second-order valence-electron chi connectivity index (χ2n) is 7.77. The summed E-state index contributed by atoms with van der Waals surface area (Å²) in [5.74, 6) is 1.38. The Morgan fingerprint density at radius 3 is 2.37 bits per heavy atom. The number of piperidine rings is 1. The number of anilines is 1. The summed E-state index contributed by atoms with van der Waals surface area (Å²) < 4.78 is 0. The number of hydrogen-bond donors (Lipinski definition) is 1. The molecular formula is C19H28N6O2. The highest BCUT2D eigenvalue weighted by atomic mass is 16.2. The van der Waals surface area contributed by atoms with E-state index in [1.165, 1.54) is 0 Å². The highest BCUT2D eigenvalue weighted by Crippen LogP contribution is 2.23. The molecule has 1 N–H and O–H groups in total. The first kappa shape index (κ1) is 18.2. The molecule has 3 heterocycles. The van der Waals surface area contributed by atoms with Crippen LogP contribution < -0.4 is 10.2 Å². The predicted molar refractivity (Wildman–Crippen MR) is 101 cm³/mol. The van der Waals surface area contributed by atoms with Gasteiger partial charge in [0.05, 0.1) is 12.7 Å². The Morgan fingerprint density at radius 2 is 1.74 bits per heavy atom. The van der Waals surface area contributed by atoms with Gasteiger partial charge in [0.2, 0.25) is 11.8 Å². The van der Waals surface area contributed by atoms with E-state index in [1.54, 1.807) is 18.6 Å². The average molecular weight is 372 g/mol. The van der Waals surface area contributed by atoms with E-state index in [-0.39, 0.29) is 17.7 Å². The molecule has 0 radical (unpaired) electrons. The topological polar surface area (TPSA) is 81.7 Å². The number of amides is 2. The summed E-state index contributed by atoms with van der Waals surface area (Å²) in [5, 5.41) is 3.03. The minimum absolute atomic E-state index is 0.0997. The van der Waals surface area contributed by atoms with Gasteiger partial charge in [-0.2, -0.15) is 0 Å². The number of nitrogens with one attached hydrogen (secondary N) is 1. The minimum Gasteiger partial charge on any atom is -0.355 e. The number of hydrogen-bond acceptors (Lipinski definition) is 6. The van der Waals surface area contributed by atoms with Crippen LogP contribution in [-0.2, 0) is 9.59 Å². The molecule has 2 amide bonds. The lowest BCUT2D eigenvalue weighted by Crippen LogP contribution is -2.53. The number of aromatic nitrogens is 2. The highest BCUT2D eigenvalue weighted by molar-refractivity contribution is 5.80. The molecular weight excluding hydrogens is 344 g/mol. The molecule has 1 aliphatic carbocycles. The Bertz CT molecular complexity index is 649. The molecule has 8 nitrogen and oxygen atoms in total. The molecule has 2 saturated heterocycles. The summed E-state index contributed by atoms with van der Waals surface area (Å²) in [5.41, 5.74) is 0. The van der Waals surface area contributed by atoms with Crippen molar-refractivity contribution in [3.8, 4) is 0 Å². The number of carbonyl (C=O) groups is 2. The summed E-state index contributed by atoms with van der Waals surface area (Å²) in [6, 6.07) is 0.410. The summed E-state index contributed by atoms with van der Waals surface area (Å²) in [6.45, 7) is 5.15. The van der Waals surface area contributed by atoms with Gasteiger partial charge in [-0.3, -0.25) is 19.5 Å². The van der Waals surface area contributed by atoms with E-state index in [4.69, 9.17) is 0 Å². The lowest BCUT2D eigenvalue weighted by atomic mass is 9.95. The van der Waals surface area contributed by atoms with Crippen LogP contribution in [0.25, 0.3) is 0 Å². The van der Waals surface area contributed by atoms with Gasteiger partial charge in [-0.15, -0.1) is 0 Å². The van der Waals surface area contributed by atoms with Crippen LogP contribution in [0.1, 0.15) is 25.7 Å². The van der Waals surface area contributed by atoms with Gasteiger partial charge in [0.15, 0.2) is 0 Å². The van der Waals surface area contributed by atoms with Gasteiger partial charge in [0, 0.05) is 63.6 Å². The maximum atomic E-state index is 12.9. The molecule has 0 spiro atoms. The van der Waals surface area contributed by atoms with Gasteiger partial charge < -0.3 is 15.1 Å². The molecule has 0 bridgehead atoms. The van der Waals surface area contributed by atoms with Crippen LogP contribution in [0.5, 0.6) is 0 Å². The Kier molecular flexibility index (Phi) is 5.52. The molecule has 3 aliphatic rings. The summed E-state index contributed by atoms with van der Waals surface area (Å²) in [4.78, 5) is 39.6. The van der Waals surface area contributed by atoms with Crippen molar-refractivity contribution in [2.24, 2.45) is 5.92 Å². The van der Waals surface area contributed by atoms with Gasteiger partial charge in [-0.1, -0.05) is 0 Å². The first-order valence-electron chi connectivity index (χ1n) is 10.0. The summed E-state index contributed by atoms with van der Waals surface area (Å²) in [7, 11) is 0. The zero-order valence-electron chi connectivity index (χ0n) is 15.7. The van der Waals surface area contributed by atoms with Crippen molar-refractivity contribution in [1.82, 2.24) is 25.1 Å². The largest absolute Gasteiger partial charge is 0.355 e. The maximum absolute atomic E-state index is 12.9. The fourth-order valence-corrected chi connectivity index (χ4v) is 3.90. The van der Waals surface area contributed by atoms with Gasteiger partial charge in [-0.25, -0.2) is 4.98 Å². The van der Waals surface area contributed by atoms with Crippen LogP contribution in [0, 0.1) is 5.92 Å². The molecule has 27 heavy (non-hydrogen) atoms. The maximum Gasteiger partial charge on any atom is 0.234 e. The van der Waals surface area contributed by atoms with E-state index in [9.17, 15) is 9.59 Å². The fraction of sp³-hybridized carbons (Fsp3) is 0.684. The van der Waals surface area contributed by atoms with E-state index in [0.29, 0.717) is 12.6 Å². The van der Waals surface area contributed by atoms with Gasteiger partial charge in [0.25, 0.3) is 0 Å². The molecule has 4 rings (SSSR count). The predicted octanol–water partition coefficient (Wildman–Crippen LogP) is 0.116. The molecule has 1 aromatic rings. The van der Waals surface area contributed by atoms with Crippen molar-refractivity contribution >= 4 is 17.6 Å². The Hall–Kier alpha value is -2.22. The molecule has 0 atom stereocenters. The molecule has 1 saturated carbocycles. The monoisotopic (exact) mass is 372 g/mol. The zero-order valence-corrected chi connectivity index (χ0v) is 15.7. The van der Waals surface area contributed by atoms with Gasteiger partial charge >= 0.3 is 0 Å². The van der Waals surface area contributed by atoms with E-state index in [1.807, 2.05) is 4.90 Å². The molecule has 0 aromatic carbocycles. The lowest BCUT2D eigenvalue weighted by Gasteiger charge is -2.38. The van der Waals surface area contributed by atoms with Crippen molar-refractivity contribution in [3.63, 3.8) is 0 Å². The van der Waals surface area contributed by atoms with Crippen LogP contribution in [0.15, 0.2) is 18.6 Å². The summed E-state index contributed by atoms with van der Waals surface area (Å²) >= 11 is 0. The Balaban J connectivity index is 1.20. The van der Waals surface area contributed by atoms with E-state index < -0.39 is 0 Å². The van der Waals surface area contributed by atoms with E-state index in [2.05, 4.69) is 25.1 Å². The van der Waals surface area contributed by atoms with Crippen molar-refractivity contribution in [2.75, 3.05) is 50.7 Å². The lowest BCUT2D eigenvalue weighted by molar-refractivity contribution is -0.138. The van der Waals surface area contributed by atoms with Crippen molar-refractivity contribution in [2.45, 2.75) is 31.7 Å². The van der Waals surface area contributed by atoms with Crippen LogP contribution in [0.4, 0.5) is 5.82 Å². The third kappa shape index (κ3) is 4.74. The SMILES string of the molecule is O=C(CN1CCN(C(=O)C2CCN(c3cnccn3)CC2)CC1)NC1CC1. The van der Waals surface area contributed by atoms with Crippen molar-refractivity contribution in [1.29, 1.82) is 0 Å². The van der Waals surface area contributed by atoms with Crippen LogP contribution >= 0.6 is 0 Å². The molecule has 146 valence electrons. The molecule has 1 aromatic heterocycles. The number of piperazine rings is 1. The van der Waals surface area contributed by atoms with E-state index in [0.717, 1.165) is 70.8 Å². The third-order valence-corrected chi connectivity index (χ3v) is 5.71. The van der Waals surface area contributed by atoms with Crippen molar-refractivity contribution < 1.29 is 9.59 Å². The first-order valence-corrected chi connectivity index (χ1v) is 10.0. The normalized spacial score (nSPS) is 21.9. The van der Waals surface area contributed by atoms with Crippen LogP contribution in [0.2, 0.25) is 0 Å². The second-order valence-corrected chi connectivity index (χ2v) is 7.77. The smallest absolute Gasteiger partial charge is 0.234 e. The molecule has 0 unspecified atom stereocenters. The minimum atomic E-state index is 0.0997. The van der Waals surface area contributed by atoms with Crippen LogP contribution in [-0.4, -0.2) is 83.4 Å². The number of carbonyl (C=O) groups excluding carboxylic acids is 2. The Labute approximate surface area is 159 Å². The highest BCUT2D eigenvalue weighted by Gasteiger charge is 2.31. The zero-order chi connectivity index (χ0) is 18.6. The molecule has 8 heteroatoms. The second kappa shape index (κ2) is 8.21. The number of nitrogens with zero attached hydrogens (tertiary/aromatic N) is 5. The molecule has 3 fully saturated rings. The van der Waals surface area contributed by atoms with Gasteiger partial charge in [0.1, 0.15) is 5.82 Å². The average Bonchev–Trinajstić information content (AvgIpc) is 3.53. The first-order chi connectivity index (χ1) is 13.2. The number of rotatable bonds is 5.